The zero-order valence-electron chi connectivity index (χ0n) is 15.1. The monoisotopic (exact) mass is 435 g/mol. The number of nitrogens with zero attached hydrogens (tertiary/aromatic N) is 3. The average Bonchev–Trinajstić information content (AvgIpc) is 2.93. The Morgan fingerprint density at radius 1 is 1.30 bits per heavy atom. The van der Waals surface area contributed by atoms with Crippen molar-refractivity contribution in [3.8, 4) is 0 Å². The molecule has 6 heteroatoms. The highest BCUT2D eigenvalue weighted by molar-refractivity contribution is 14.0. The van der Waals surface area contributed by atoms with Gasteiger partial charge in [-0.1, -0.05) is 33.1 Å². The fourth-order valence-electron chi connectivity index (χ4n) is 2.41. The number of aromatic nitrogens is 2. The largest absolute Gasteiger partial charge is 0.357 e. The Morgan fingerprint density at radius 2 is 2.09 bits per heavy atom. The molecule has 2 N–H and O–H groups in total. The first-order valence-electron chi connectivity index (χ1n) is 8.69. The predicted molar refractivity (Wildman–Crippen MR) is 110 cm³/mol. The number of hydrogen-bond acceptors (Lipinski definition) is 2. The molecule has 0 saturated heterocycles. The summed E-state index contributed by atoms with van der Waals surface area (Å²) in [5, 5.41) is 10.9. The molecule has 0 aliphatic carbocycles. The van der Waals surface area contributed by atoms with E-state index in [0.29, 0.717) is 5.92 Å². The van der Waals surface area contributed by atoms with Crippen molar-refractivity contribution in [1.29, 1.82) is 0 Å². The van der Waals surface area contributed by atoms with Crippen LogP contribution < -0.4 is 10.6 Å². The highest BCUT2D eigenvalue weighted by Crippen LogP contribution is 2.12. The first-order chi connectivity index (χ1) is 10.7. The third-order valence-electron chi connectivity index (χ3n) is 3.86. The summed E-state index contributed by atoms with van der Waals surface area (Å²) in [6.07, 6.45) is 10.0. The molecule has 5 nitrogen and oxygen atoms in total. The maximum Gasteiger partial charge on any atom is 0.191 e. The molecule has 1 heterocycles. The molecule has 0 aliphatic heterocycles. The van der Waals surface area contributed by atoms with E-state index in [1.165, 1.54) is 31.2 Å². The summed E-state index contributed by atoms with van der Waals surface area (Å²) in [7, 11) is 1.95. The standard InChI is InChI=1S/C17H33N5.HI/c1-5-8-9-15(6-2)12-20-17(18-7-3)19-11-10-16-13-21-22(4)14-16;/h13-15H,5-12H2,1-4H3,(H2,18,19,20);1H. The van der Waals surface area contributed by atoms with Gasteiger partial charge in [-0.25, -0.2) is 0 Å². The number of unbranched alkanes of at least 4 members (excludes halogenated alkanes) is 1. The Labute approximate surface area is 158 Å². The van der Waals surface area contributed by atoms with Crippen molar-refractivity contribution < 1.29 is 0 Å². The van der Waals surface area contributed by atoms with Crippen LogP contribution in [0.1, 0.15) is 52.0 Å². The number of hydrogen-bond donors (Lipinski definition) is 2. The first kappa shape index (κ1) is 22.2. The molecule has 0 bridgehead atoms. The fraction of sp³-hybridized carbons (Fsp3) is 0.765. The predicted octanol–water partition coefficient (Wildman–Crippen LogP) is 3.35. The van der Waals surface area contributed by atoms with Gasteiger partial charge in [0, 0.05) is 32.9 Å². The van der Waals surface area contributed by atoms with Gasteiger partial charge in [-0.05, 0) is 31.2 Å². The smallest absolute Gasteiger partial charge is 0.191 e. The average molecular weight is 435 g/mol. The second kappa shape index (κ2) is 13.6. The number of aliphatic imine (C=N–C) groups is 1. The molecule has 0 amide bonds. The van der Waals surface area contributed by atoms with E-state index >= 15 is 0 Å². The number of guanidine groups is 1. The Balaban J connectivity index is 0.00000484. The van der Waals surface area contributed by atoms with Crippen molar-refractivity contribution in [2.24, 2.45) is 18.0 Å². The fourth-order valence-corrected chi connectivity index (χ4v) is 2.41. The summed E-state index contributed by atoms with van der Waals surface area (Å²) in [5.41, 5.74) is 1.25. The van der Waals surface area contributed by atoms with Gasteiger partial charge in [0.25, 0.3) is 0 Å². The minimum Gasteiger partial charge on any atom is -0.357 e. The lowest BCUT2D eigenvalue weighted by Gasteiger charge is -2.15. The van der Waals surface area contributed by atoms with Crippen LogP contribution in [0.15, 0.2) is 17.4 Å². The van der Waals surface area contributed by atoms with Crippen LogP contribution in [-0.4, -0.2) is 35.4 Å². The second-order valence-electron chi connectivity index (χ2n) is 5.84. The molecule has 0 aromatic carbocycles. The van der Waals surface area contributed by atoms with Gasteiger partial charge in [0.1, 0.15) is 0 Å². The minimum atomic E-state index is 0. The summed E-state index contributed by atoms with van der Waals surface area (Å²) in [4.78, 5) is 4.75. The highest BCUT2D eigenvalue weighted by Gasteiger charge is 2.06. The van der Waals surface area contributed by atoms with E-state index in [9.17, 15) is 0 Å². The zero-order valence-corrected chi connectivity index (χ0v) is 17.5. The van der Waals surface area contributed by atoms with Gasteiger partial charge < -0.3 is 10.6 Å². The molecule has 0 saturated carbocycles. The maximum atomic E-state index is 4.75. The molecule has 1 aromatic rings. The molecule has 134 valence electrons. The Kier molecular flexibility index (Phi) is 13.2. The summed E-state index contributed by atoms with van der Waals surface area (Å²) in [6.45, 7) is 9.30. The Bertz CT molecular complexity index is 430. The molecule has 0 aliphatic rings. The number of nitrogens with one attached hydrogen (secondary N) is 2. The lowest BCUT2D eigenvalue weighted by atomic mass is 10.00. The highest BCUT2D eigenvalue weighted by atomic mass is 127. The second-order valence-corrected chi connectivity index (χ2v) is 5.84. The first-order valence-corrected chi connectivity index (χ1v) is 8.69. The SMILES string of the molecule is CCCCC(CC)CN=C(NCC)NCCc1cnn(C)c1.I. The molecule has 1 unspecified atom stereocenters. The van der Waals surface area contributed by atoms with E-state index in [1.54, 1.807) is 0 Å². The molecule has 0 radical (unpaired) electrons. The number of aryl methyl sites for hydroxylation is 1. The third kappa shape index (κ3) is 9.84. The lowest BCUT2D eigenvalue weighted by Crippen LogP contribution is -2.38. The molecule has 0 fully saturated rings. The lowest BCUT2D eigenvalue weighted by molar-refractivity contribution is 0.461. The van der Waals surface area contributed by atoms with Crippen LogP contribution in [0.25, 0.3) is 0 Å². The molecule has 1 aromatic heterocycles. The molecule has 0 spiro atoms. The van der Waals surface area contributed by atoms with E-state index in [4.69, 9.17) is 4.99 Å². The van der Waals surface area contributed by atoms with E-state index in [-0.39, 0.29) is 24.0 Å². The van der Waals surface area contributed by atoms with E-state index in [2.05, 4.69) is 42.7 Å². The van der Waals surface area contributed by atoms with E-state index in [1.807, 2.05) is 17.9 Å². The van der Waals surface area contributed by atoms with Crippen LogP contribution >= 0.6 is 24.0 Å². The topological polar surface area (TPSA) is 54.2 Å². The normalized spacial score (nSPS) is 12.6. The van der Waals surface area contributed by atoms with Crippen molar-refractivity contribution in [2.75, 3.05) is 19.6 Å². The molecular weight excluding hydrogens is 401 g/mol. The molecular formula is C17H34IN5. The van der Waals surface area contributed by atoms with Gasteiger partial charge in [-0.15, -0.1) is 24.0 Å². The van der Waals surface area contributed by atoms with Gasteiger partial charge in [0.05, 0.1) is 6.20 Å². The number of halogens is 1. The Morgan fingerprint density at radius 3 is 2.65 bits per heavy atom. The van der Waals surface area contributed by atoms with Crippen molar-refractivity contribution in [1.82, 2.24) is 20.4 Å². The maximum absolute atomic E-state index is 4.75. The Hall–Kier alpha value is -0.790. The van der Waals surface area contributed by atoms with Crippen molar-refractivity contribution >= 4 is 29.9 Å². The van der Waals surface area contributed by atoms with E-state index < -0.39 is 0 Å². The number of rotatable bonds is 10. The van der Waals surface area contributed by atoms with Crippen molar-refractivity contribution in [3.63, 3.8) is 0 Å². The van der Waals surface area contributed by atoms with Crippen molar-refractivity contribution in [3.05, 3.63) is 18.0 Å². The van der Waals surface area contributed by atoms with Crippen LogP contribution in [-0.2, 0) is 13.5 Å². The third-order valence-corrected chi connectivity index (χ3v) is 3.86. The van der Waals surface area contributed by atoms with Crippen molar-refractivity contribution in [2.45, 2.75) is 52.9 Å². The molecule has 1 rings (SSSR count). The van der Waals surface area contributed by atoms with Crippen LogP contribution in [0.3, 0.4) is 0 Å². The molecule has 23 heavy (non-hydrogen) atoms. The minimum absolute atomic E-state index is 0. The summed E-state index contributed by atoms with van der Waals surface area (Å²) in [6, 6.07) is 0. The summed E-state index contributed by atoms with van der Waals surface area (Å²) < 4.78 is 1.84. The van der Waals surface area contributed by atoms with Gasteiger partial charge in [0.2, 0.25) is 0 Å². The van der Waals surface area contributed by atoms with Gasteiger partial charge in [-0.2, -0.15) is 5.10 Å². The molecule has 1 atom stereocenters. The van der Waals surface area contributed by atoms with Gasteiger partial charge in [-0.3, -0.25) is 9.67 Å². The van der Waals surface area contributed by atoms with Crippen LogP contribution in [0.5, 0.6) is 0 Å². The summed E-state index contributed by atoms with van der Waals surface area (Å²) in [5.74, 6) is 1.63. The van der Waals surface area contributed by atoms with Crippen LogP contribution in [0, 0.1) is 5.92 Å². The summed E-state index contributed by atoms with van der Waals surface area (Å²) >= 11 is 0. The van der Waals surface area contributed by atoms with Crippen LogP contribution in [0.4, 0.5) is 0 Å². The zero-order chi connectivity index (χ0) is 16.2. The van der Waals surface area contributed by atoms with Crippen LogP contribution in [0.2, 0.25) is 0 Å². The quantitative estimate of drug-likeness (QED) is 0.337. The van der Waals surface area contributed by atoms with E-state index in [0.717, 1.165) is 32.0 Å². The van der Waals surface area contributed by atoms with Gasteiger partial charge >= 0.3 is 0 Å². The van der Waals surface area contributed by atoms with Gasteiger partial charge in [0.15, 0.2) is 5.96 Å².